The maximum absolute atomic E-state index is 11.4. The molecule has 1 heterocycles. The van der Waals surface area contributed by atoms with Crippen LogP contribution >= 0.6 is 0 Å². The van der Waals surface area contributed by atoms with Gasteiger partial charge in [-0.2, -0.15) is 0 Å². The zero-order valence-corrected chi connectivity index (χ0v) is 9.84. The van der Waals surface area contributed by atoms with E-state index in [1.807, 2.05) is 11.9 Å². The Bertz CT molecular complexity index is 208. The predicted molar refractivity (Wildman–Crippen MR) is 58.1 cm³/mol. The summed E-state index contributed by atoms with van der Waals surface area (Å²) in [6.45, 7) is 10.3. The minimum absolute atomic E-state index is 0.255. The first-order chi connectivity index (χ1) is 6.38. The molecule has 0 saturated carbocycles. The van der Waals surface area contributed by atoms with Crippen LogP contribution in [0.15, 0.2) is 0 Å². The average Bonchev–Trinajstić information content (AvgIpc) is 2.06. The SMILES string of the molecule is CN1CCN(CCC(C)(C)C)CC1=O. The van der Waals surface area contributed by atoms with Gasteiger partial charge in [-0.1, -0.05) is 20.8 Å². The van der Waals surface area contributed by atoms with Gasteiger partial charge in [0, 0.05) is 20.1 Å². The van der Waals surface area contributed by atoms with Crippen LogP contribution in [-0.4, -0.2) is 48.9 Å². The number of piperazine rings is 1. The molecule has 1 amide bonds. The average molecular weight is 198 g/mol. The third-order valence-corrected chi connectivity index (χ3v) is 2.71. The van der Waals surface area contributed by atoms with Gasteiger partial charge in [0.25, 0.3) is 0 Å². The molecule has 0 radical (unpaired) electrons. The highest BCUT2D eigenvalue weighted by Crippen LogP contribution is 2.19. The van der Waals surface area contributed by atoms with Crippen LogP contribution in [0.3, 0.4) is 0 Å². The van der Waals surface area contributed by atoms with Crippen molar-refractivity contribution in [3.05, 3.63) is 0 Å². The number of nitrogens with zero attached hydrogens (tertiary/aromatic N) is 2. The Morgan fingerprint density at radius 3 is 2.43 bits per heavy atom. The molecule has 1 aliphatic rings. The molecule has 1 aliphatic heterocycles. The third kappa shape index (κ3) is 3.66. The molecule has 0 spiro atoms. The van der Waals surface area contributed by atoms with Gasteiger partial charge in [0.2, 0.25) is 5.91 Å². The van der Waals surface area contributed by atoms with Crippen molar-refractivity contribution in [2.75, 3.05) is 33.2 Å². The summed E-state index contributed by atoms with van der Waals surface area (Å²) >= 11 is 0. The van der Waals surface area contributed by atoms with Crippen molar-refractivity contribution in [3.8, 4) is 0 Å². The molecule has 0 atom stereocenters. The fourth-order valence-electron chi connectivity index (χ4n) is 1.49. The van der Waals surface area contributed by atoms with Crippen molar-refractivity contribution in [2.24, 2.45) is 5.41 Å². The topological polar surface area (TPSA) is 23.6 Å². The van der Waals surface area contributed by atoms with Crippen LogP contribution in [-0.2, 0) is 4.79 Å². The van der Waals surface area contributed by atoms with Crippen molar-refractivity contribution < 1.29 is 4.79 Å². The second-order valence-corrected chi connectivity index (χ2v) is 5.40. The van der Waals surface area contributed by atoms with E-state index in [4.69, 9.17) is 0 Å². The van der Waals surface area contributed by atoms with E-state index in [1.54, 1.807) is 0 Å². The van der Waals surface area contributed by atoms with Gasteiger partial charge < -0.3 is 4.90 Å². The van der Waals surface area contributed by atoms with E-state index in [1.165, 1.54) is 0 Å². The van der Waals surface area contributed by atoms with Gasteiger partial charge in [-0.05, 0) is 18.4 Å². The fraction of sp³-hybridized carbons (Fsp3) is 0.909. The molecule has 0 unspecified atom stereocenters. The maximum Gasteiger partial charge on any atom is 0.236 e. The number of carbonyl (C=O) groups excluding carboxylic acids is 1. The smallest absolute Gasteiger partial charge is 0.236 e. The summed E-state index contributed by atoms with van der Waals surface area (Å²) in [5.74, 6) is 0.255. The molecule has 14 heavy (non-hydrogen) atoms. The quantitative estimate of drug-likeness (QED) is 0.665. The van der Waals surface area contributed by atoms with Gasteiger partial charge in [-0.25, -0.2) is 0 Å². The first-order valence-corrected chi connectivity index (χ1v) is 5.35. The van der Waals surface area contributed by atoms with Crippen molar-refractivity contribution >= 4 is 5.91 Å². The number of rotatable bonds is 2. The molecule has 0 aromatic rings. The maximum atomic E-state index is 11.4. The lowest BCUT2D eigenvalue weighted by Gasteiger charge is -2.33. The van der Waals surface area contributed by atoms with Gasteiger partial charge in [0.1, 0.15) is 0 Å². The van der Waals surface area contributed by atoms with Crippen LogP contribution in [0.5, 0.6) is 0 Å². The van der Waals surface area contributed by atoms with Crippen LogP contribution in [0.25, 0.3) is 0 Å². The molecule has 1 saturated heterocycles. The van der Waals surface area contributed by atoms with Gasteiger partial charge >= 0.3 is 0 Å². The lowest BCUT2D eigenvalue weighted by atomic mass is 9.92. The number of hydrogen-bond donors (Lipinski definition) is 0. The molecular formula is C11H22N2O. The van der Waals surface area contributed by atoms with Gasteiger partial charge in [0.05, 0.1) is 6.54 Å². The molecule has 3 nitrogen and oxygen atoms in total. The summed E-state index contributed by atoms with van der Waals surface area (Å²) in [4.78, 5) is 15.5. The van der Waals surface area contributed by atoms with E-state index in [0.29, 0.717) is 12.0 Å². The fourth-order valence-corrected chi connectivity index (χ4v) is 1.49. The Balaban J connectivity index is 2.30. The summed E-state index contributed by atoms with van der Waals surface area (Å²) in [6.07, 6.45) is 1.16. The number of likely N-dealkylation sites (N-methyl/N-ethyl adjacent to an activating group) is 1. The Hall–Kier alpha value is -0.570. The summed E-state index contributed by atoms with van der Waals surface area (Å²) in [7, 11) is 1.88. The molecule has 82 valence electrons. The second kappa shape index (κ2) is 4.30. The van der Waals surface area contributed by atoms with E-state index in [0.717, 1.165) is 26.1 Å². The Kier molecular flexibility index (Phi) is 3.53. The molecule has 1 fully saturated rings. The van der Waals surface area contributed by atoms with Gasteiger partial charge in [-0.3, -0.25) is 9.69 Å². The number of carbonyl (C=O) groups is 1. The van der Waals surface area contributed by atoms with E-state index < -0.39 is 0 Å². The van der Waals surface area contributed by atoms with Crippen molar-refractivity contribution in [1.82, 2.24) is 9.80 Å². The second-order valence-electron chi connectivity index (χ2n) is 5.40. The van der Waals surface area contributed by atoms with E-state index in [2.05, 4.69) is 25.7 Å². The Labute approximate surface area is 87.1 Å². The highest BCUT2D eigenvalue weighted by molar-refractivity contribution is 5.78. The molecule has 0 N–H and O–H groups in total. The molecule has 0 bridgehead atoms. The van der Waals surface area contributed by atoms with E-state index >= 15 is 0 Å². The number of amides is 1. The zero-order valence-electron chi connectivity index (χ0n) is 9.84. The van der Waals surface area contributed by atoms with Gasteiger partial charge in [-0.15, -0.1) is 0 Å². The van der Waals surface area contributed by atoms with Crippen LogP contribution < -0.4 is 0 Å². The minimum Gasteiger partial charge on any atom is -0.343 e. The monoisotopic (exact) mass is 198 g/mol. The van der Waals surface area contributed by atoms with Crippen LogP contribution in [0.2, 0.25) is 0 Å². The van der Waals surface area contributed by atoms with Crippen LogP contribution in [0.4, 0.5) is 0 Å². The summed E-state index contributed by atoms with van der Waals surface area (Å²) in [5.41, 5.74) is 0.367. The van der Waals surface area contributed by atoms with Gasteiger partial charge in [0.15, 0.2) is 0 Å². The van der Waals surface area contributed by atoms with Crippen molar-refractivity contribution in [3.63, 3.8) is 0 Å². The van der Waals surface area contributed by atoms with Crippen LogP contribution in [0.1, 0.15) is 27.2 Å². The molecule has 3 heteroatoms. The molecule has 0 aromatic carbocycles. The standard InChI is InChI=1S/C11H22N2O/c1-11(2,3)5-6-13-8-7-12(4)10(14)9-13/h5-9H2,1-4H3. The highest BCUT2D eigenvalue weighted by Gasteiger charge is 2.21. The predicted octanol–water partition coefficient (Wildman–Crippen LogP) is 1.20. The Morgan fingerprint density at radius 1 is 1.29 bits per heavy atom. The third-order valence-electron chi connectivity index (χ3n) is 2.71. The molecule has 0 aliphatic carbocycles. The molecular weight excluding hydrogens is 176 g/mol. The summed E-state index contributed by atoms with van der Waals surface area (Å²) in [6, 6.07) is 0. The summed E-state index contributed by atoms with van der Waals surface area (Å²) < 4.78 is 0. The largest absolute Gasteiger partial charge is 0.343 e. The van der Waals surface area contributed by atoms with Crippen molar-refractivity contribution in [2.45, 2.75) is 27.2 Å². The first-order valence-electron chi connectivity index (χ1n) is 5.35. The Morgan fingerprint density at radius 2 is 1.93 bits per heavy atom. The first kappa shape index (κ1) is 11.5. The zero-order chi connectivity index (χ0) is 10.8. The molecule has 1 rings (SSSR count). The molecule has 0 aromatic heterocycles. The highest BCUT2D eigenvalue weighted by atomic mass is 16.2. The summed E-state index contributed by atoms with van der Waals surface area (Å²) in [5, 5.41) is 0. The van der Waals surface area contributed by atoms with Crippen molar-refractivity contribution in [1.29, 1.82) is 0 Å². The van der Waals surface area contributed by atoms with E-state index in [9.17, 15) is 4.79 Å². The lowest BCUT2D eigenvalue weighted by molar-refractivity contribution is -0.134. The number of hydrogen-bond acceptors (Lipinski definition) is 2. The minimum atomic E-state index is 0.255. The normalized spacial score (nSPS) is 20.3. The van der Waals surface area contributed by atoms with Crippen LogP contribution in [0, 0.1) is 5.41 Å². The van der Waals surface area contributed by atoms with E-state index in [-0.39, 0.29) is 5.91 Å². The lowest BCUT2D eigenvalue weighted by Crippen LogP contribution is -2.49.